The minimum atomic E-state index is -0.149. The summed E-state index contributed by atoms with van der Waals surface area (Å²) in [7, 11) is 0. The van der Waals surface area contributed by atoms with Crippen molar-refractivity contribution < 1.29 is 14.4 Å². The molecule has 0 aliphatic carbocycles. The first-order chi connectivity index (χ1) is 13.8. The summed E-state index contributed by atoms with van der Waals surface area (Å²) in [5.74, 6) is 0.196. The van der Waals surface area contributed by atoms with Gasteiger partial charge in [0.15, 0.2) is 0 Å². The van der Waals surface area contributed by atoms with Gasteiger partial charge in [-0.2, -0.15) is 0 Å². The molecule has 0 aromatic heterocycles. The minimum absolute atomic E-state index is 0.102. The highest BCUT2D eigenvalue weighted by Crippen LogP contribution is 2.18. The summed E-state index contributed by atoms with van der Waals surface area (Å²) in [6.07, 6.45) is 1.62. The number of rotatable bonds is 7. The first-order valence-corrected chi connectivity index (χ1v) is 10.2. The van der Waals surface area contributed by atoms with Gasteiger partial charge in [-0.3, -0.25) is 19.3 Å². The molecule has 152 valence electrons. The molecule has 5 nitrogen and oxygen atoms in total. The molecule has 0 unspecified atom stereocenters. The Bertz CT molecular complexity index is 869. The zero-order valence-corrected chi connectivity index (χ0v) is 17.3. The van der Waals surface area contributed by atoms with E-state index in [9.17, 15) is 14.4 Å². The van der Waals surface area contributed by atoms with Crippen LogP contribution in [-0.4, -0.2) is 22.6 Å². The molecule has 0 saturated carbocycles. The summed E-state index contributed by atoms with van der Waals surface area (Å²) in [5.41, 5.74) is 3.75. The monoisotopic (exact) mass is 392 g/mol. The molecule has 2 aromatic rings. The minimum Gasteiger partial charge on any atom is -0.346 e. The lowest BCUT2D eigenvalue weighted by molar-refractivity contribution is -0.139. The van der Waals surface area contributed by atoms with Gasteiger partial charge in [-0.15, -0.1) is 0 Å². The van der Waals surface area contributed by atoms with Crippen LogP contribution in [0.1, 0.15) is 66.7 Å². The number of hydrogen-bond donors (Lipinski definition) is 1. The first kappa shape index (κ1) is 20.8. The molecule has 0 bridgehead atoms. The van der Waals surface area contributed by atoms with Crippen LogP contribution in [0.2, 0.25) is 0 Å². The molecular weight excluding hydrogens is 364 g/mol. The van der Waals surface area contributed by atoms with Gasteiger partial charge in [0.2, 0.25) is 11.8 Å². The van der Waals surface area contributed by atoms with Crippen LogP contribution >= 0.6 is 0 Å². The van der Waals surface area contributed by atoms with Gasteiger partial charge in [-0.25, -0.2) is 0 Å². The number of amides is 3. The Morgan fingerprint density at radius 2 is 1.45 bits per heavy atom. The number of nitrogens with one attached hydrogen (secondary N) is 1. The third kappa shape index (κ3) is 5.31. The third-order valence-corrected chi connectivity index (χ3v) is 5.18. The Kier molecular flexibility index (Phi) is 6.47. The van der Waals surface area contributed by atoms with Crippen molar-refractivity contribution in [1.29, 1.82) is 0 Å². The van der Waals surface area contributed by atoms with Gasteiger partial charge < -0.3 is 5.32 Å². The number of imide groups is 1. The fourth-order valence-corrected chi connectivity index (χ4v) is 3.52. The maximum atomic E-state index is 12.6. The summed E-state index contributed by atoms with van der Waals surface area (Å²) in [6, 6.07) is 15.3. The number of nitrogens with zero attached hydrogens (tertiary/aromatic N) is 1. The highest BCUT2D eigenvalue weighted by Gasteiger charge is 2.28. The molecule has 1 fully saturated rings. The first-order valence-electron chi connectivity index (χ1n) is 10.2. The maximum absolute atomic E-state index is 12.6. The van der Waals surface area contributed by atoms with Crippen molar-refractivity contribution >= 4 is 17.7 Å². The van der Waals surface area contributed by atoms with E-state index in [1.807, 2.05) is 6.92 Å². The zero-order valence-electron chi connectivity index (χ0n) is 17.3. The van der Waals surface area contributed by atoms with Crippen molar-refractivity contribution in [3.8, 4) is 0 Å². The van der Waals surface area contributed by atoms with Crippen LogP contribution < -0.4 is 5.32 Å². The molecule has 1 atom stereocenters. The van der Waals surface area contributed by atoms with Gasteiger partial charge >= 0.3 is 0 Å². The smallest absolute Gasteiger partial charge is 0.251 e. The number of carbonyl (C=O) groups excluding carboxylic acids is 3. The van der Waals surface area contributed by atoms with Crippen LogP contribution in [0.25, 0.3) is 0 Å². The van der Waals surface area contributed by atoms with E-state index >= 15 is 0 Å². The highest BCUT2D eigenvalue weighted by molar-refractivity contribution is 6.01. The molecule has 0 spiro atoms. The van der Waals surface area contributed by atoms with E-state index in [1.165, 1.54) is 10.5 Å². The normalized spacial score (nSPS) is 15.1. The van der Waals surface area contributed by atoms with Crippen LogP contribution in [0.5, 0.6) is 0 Å². The molecule has 2 aromatic carbocycles. The van der Waals surface area contributed by atoms with Crippen LogP contribution in [0.15, 0.2) is 48.5 Å². The predicted molar refractivity (Wildman–Crippen MR) is 112 cm³/mol. The molecule has 1 saturated heterocycles. The lowest BCUT2D eigenvalue weighted by atomic mass is 10.00. The van der Waals surface area contributed by atoms with Crippen LogP contribution in [0.3, 0.4) is 0 Å². The second-order valence-electron chi connectivity index (χ2n) is 8.11. The predicted octanol–water partition coefficient (Wildman–Crippen LogP) is 4.03. The van der Waals surface area contributed by atoms with E-state index in [0.717, 1.165) is 17.5 Å². The molecule has 1 N–H and O–H groups in total. The summed E-state index contributed by atoms with van der Waals surface area (Å²) in [6.45, 7) is 6.62. The SMILES string of the molecule is CC(C)Cc1ccc([C@@H](C)NC(=O)c2ccc(CN3C(=O)CCC3=O)cc2)cc1. The Hall–Kier alpha value is -2.95. The highest BCUT2D eigenvalue weighted by atomic mass is 16.2. The molecular formula is C24H28N2O3. The Morgan fingerprint density at radius 1 is 0.897 bits per heavy atom. The Balaban J connectivity index is 1.58. The lowest BCUT2D eigenvalue weighted by Gasteiger charge is -2.16. The average molecular weight is 392 g/mol. The van der Waals surface area contributed by atoms with Gasteiger partial charge in [-0.1, -0.05) is 50.2 Å². The lowest BCUT2D eigenvalue weighted by Crippen LogP contribution is -2.28. The summed E-state index contributed by atoms with van der Waals surface area (Å²) >= 11 is 0. The van der Waals surface area contributed by atoms with Crippen LogP contribution in [0, 0.1) is 5.92 Å². The number of hydrogen-bond acceptors (Lipinski definition) is 3. The van der Waals surface area contributed by atoms with E-state index in [-0.39, 0.29) is 43.1 Å². The maximum Gasteiger partial charge on any atom is 0.251 e. The van der Waals surface area contributed by atoms with Crippen molar-refractivity contribution in [2.45, 2.75) is 52.6 Å². The van der Waals surface area contributed by atoms with Gasteiger partial charge in [-0.05, 0) is 48.1 Å². The van der Waals surface area contributed by atoms with Crippen molar-refractivity contribution in [3.63, 3.8) is 0 Å². The van der Waals surface area contributed by atoms with E-state index in [4.69, 9.17) is 0 Å². The van der Waals surface area contributed by atoms with Crippen molar-refractivity contribution in [2.75, 3.05) is 0 Å². The molecule has 5 heteroatoms. The quantitative estimate of drug-likeness (QED) is 0.724. The molecule has 1 aliphatic rings. The van der Waals surface area contributed by atoms with Gasteiger partial charge in [0.05, 0.1) is 12.6 Å². The molecule has 29 heavy (non-hydrogen) atoms. The Labute approximate surface area is 172 Å². The standard InChI is InChI=1S/C24H28N2O3/c1-16(2)14-18-4-8-20(9-5-18)17(3)25-24(29)21-10-6-19(7-11-21)15-26-22(27)12-13-23(26)28/h4-11,16-17H,12-15H2,1-3H3,(H,25,29)/t17-/m1/s1. The summed E-state index contributed by atoms with van der Waals surface area (Å²) in [5, 5.41) is 3.02. The molecule has 1 aliphatic heterocycles. The zero-order chi connectivity index (χ0) is 21.0. The van der Waals surface area contributed by atoms with Crippen LogP contribution in [0.4, 0.5) is 0 Å². The molecule has 3 amide bonds. The number of likely N-dealkylation sites (tertiary alicyclic amines) is 1. The van der Waals surface area contributed by atoms with Gasteiger partial charge in [0, 0.05) is 18.4 Å². The van der Waals surface area contributed by atoms with Gasteiger partial charge in [0.1, 0.15) is 0 Å². The number of benzene rings is 2. The van der Waals surface area contributed by atoms with Crippen LogP contribution in [-0.2, 0) is 22.6 Å². The average Bonchev–Trinajstić information content (AvgIpc) is 3.00. The molecule has 0 radical (unpaired) electrons. The fraction of sp³-hybridized carbons (Fsp3) is 0.375. The second kappa shape index (κ2) is 9.03. The molecule has 3 rings (SSSR count). The van der Waals surface area contributed by atoms with Gasteiger partial charge in [0.25, 0.3) is 5.91 Å². The Morgan fingerprint density at radius 3 is 2.00 bits per heavy atom. The summed E-state index contributed by atoms with van der Waals surface area (Å²) in [4.78, 5) is 37.3. The van der Waals surface area contributed by atoms with Crippen molar-refractivity contribution in [2.24, 2.45) is 5.92 Å². The van der Waals surface area contributed by atoms with Crippen molar-refractivity contribution in [3.05, 3.63) is 70.8 Å². The third-order valence-electron chi connectivity index (χ3n) is 5.18. The van der Waals surface area contributed by atoms with E-state index in [2.05, 4.69) is 43.4 Å². The number of carbonyl (C=O) groups is 3. The second-order valence-corrected chi connectivity index (χ2v) is 8.11. The molecule has 1 heterocycles. The topological polar surface area (TPSA) is 66.5 Å². The fourth-order valence-electron chi connectivity index (χ4n) is 3.52. The van der Waals surface area contributed by atoms with E-state index in [0.29, 0.717) is 11.5 Å². The van der Waals surface area contributed by atoms with E-state index < -0.39 is 0 Å². The largest absolute Gasteiger partial charge is 0.346 e. The van der Waals surface area contributed by atoms with Crippen molar-refractivity contribution in [1.82, 2.24) is 10.2 Å². The van der Waals surface area contributed by atoms with E-state index in [1.54, 1.807) is 24.3 Å². The summed E-state index contributed by atoms with van der Waals surface area (Å²) < 4.78 is 0.